The quantitative estimate of drug-likeness (QED) is 0.837. The van der Waals surface area contributed by atoms with Crippen LogP contribution in [0.2, 0.25) is 0 Å². The van der Waals surface area contributed by atoms with E-state index in [1.165, 1.54) is 23.4 Å². The van der Waals surface area contributed by atoms with E-state index in [1.54, 1.807) is 18.1 Å². The fourth-order valence-electron chi connectivity index (χ4n) is 3.04. The van der Waals surface area contributed by atoms with Crippen molar-refractivity contribution in [3.63, 3.8) is 0 Å². The SMILES string of the molecule is CN(C(=O)n1cnc(-c2ccc(F)c(F)c2)c1)C1CCCCC1. The second kappa shape index (κ2) is 6.48. The van der Waals surface area contributed by atoms with Gasteiger partial charge in [-0.1, -0.05) is 19.3 Å². The average molecular weight is 319 g/mol. The molecule has 0 saturated heterocycles. The van der Waals surface area contributed by atoms with E-state index in [4.69, 9.17) is 0 Å². The third-order valence-electron chi connectivity index (χ3n) is 4.44. The molecule has 23 heavy (non-hydrogen) atoms. The molecule has 1 aromatic heterocycles. The Labute approximate surface area is 133 Å². The highest BCUT2D eigenvalue weighted by Gasteiger charge is 2.23. The molecule has 4 nitrogen and oxygen atoms in total. The van der Waals surface area contributed by atoms with Gasteiger partial charge >= 0.3 is 6.03 Å². The van der Waals surface area contributed by atoms with Crippen LogP contribution in [0, 0.1) is 11.6 Å². The van der Waals surface area contributed by atoms with Crippen LogP contribution >= 0.6 is 0 Å². The first-order chi connectivity index (χ1) is 11.1. The molecule has 1 amide bonds. The van der Waals surface area contributed by atoms with Crippen molar-refractivity contribution in [3.8, 4) is 11.3 Å². The molecule has 122 valence electrons. The van der Waals surface area contributed by atoms with Gasteiger partial charge in [-0.05, 0) is 31.0 Å². The summed E-state index contributed by atoms with van der Waals surface area (Å²) in [4.78, 5) is 18.4. The molecule has 1 fully saturated rings. The van der Waals surface area contributed by atoms with Gasteiger partial charge < -0.3 is 4.90 Å². The van der Waals surface area contributed by atoms with E-state index in [9.17, 15) is 13.6 Å². The van der Waals surface area contributed by atoms with Gasteiger partial charge in [0.15, 0.2) is 11.6 Å². The maximum absolute atomic E-state index is 13.3. The van der Waals surface area contributed by atoms with E-state index in [0.29, 0.717) is 11.3 Å². The number of benzene rings is 1. The Hall–Kier alpha value is -2.24. The average Bonchev–Trinajstić information content (AvgIpc) is 3.07. The predicted octanol–water partition coefficient (Wildman–Crippen LogP) is 4.06. The molecule has 3 rings (SSSR count). The zero-order chi connectivity index (χ0) is 16.4. The largest absolute Gasteiger partial charge is 0.329 e. The number of amides is 1. The van der Waals surface area contributed by atoms with Crippen molar-refractivity contribution in [2.75, 3.05) is 7.05 Å². The highest BCUT2D eigenvalue weighted by Crippen LogP contribution is 2.23. The molecular formula is C17H19F2N3O. The first-order valence-corrected chi connectivity index (χ1v) is 7.83. The van der Waals surface area contributed by atoms with Crippen LogP contribution in [0.4, 0.5) is 13.6 Å². The molecule has 0 aliphatic heterocycles. The summed E-state index contributed by atoms with van der Waals surface area (Å²) in [6.45, 7) is 0. The molecule has 2 aromatic rings. The summed E-state index contributed by atoms with van der Waals surface area (Å²) in [5, 5.41) is 0. The number of carbonyl (C=O) groups is 1. The minimum Gasteiger partial charge on any atom is -0.324 e. The van der Waals surface area contributed by atoms with E-state index in [2.05, 4.69) is 4.98 Å². The number of hydrogen-bond acceptors (Lipinski definition) is 2. The smallest absolute Gasteiger partial charge is 0.324 e. The number of nitrogens with zero attached hydrogens (tertiary/aromatic N) is 3. The molecule has 0 radical (unpaired) electrons. The molecule has 1 heterocycles. The van der Waals surface area contributed by atoms with Crippen LogP contribution in [0.15, 0.2) is 30.7 Å². The third-order valence-corrected chi connectivity index (χ3v) is 4.44. The Balaban J connectivity index is 1.77. The number of rotatable bonds is 2. The normalized spacial score (nSPS) is 15.6. The van der Waals surface area contributed by atoms with Crippen molar-refractivity contribution in [3.05, 3.63) is 42.4 Å². The molecule has 6 heteroatoms. The summed E-state index contributed by atoms with van der Waals surface area (Å²) in [7, 11) is 1.80. The number of hydrogen-bond donors (Lipinski definition) is 0. The molecule has 1 aliphatic carbocycles. The van der Waals surface area contributed by atoms with Gasteiger partial charge in [-0.2, -0.15) is 0 Å². The number of carbonyl (C=O) groups excluding carboxylic acids is 1. The summed E-state index contributed by atoms with van der Waals surface area (Å²) < 4.78 is 27.7. The minimum absolute atomic E-state index is 0.154. The highest BCUT2D eigenvalue weighted by atomic mass is 19.2. The van der Waals surface area contributed by atoms with Gasteiger partial charge in [-0.25, -0.2) is 18.6 Å². The molecule has 0 spiro atoms. The van der Waals surface area contributed by atoms with Gasteiger partial charge in [0.2, 0.25) is 0 Å². The van der Waals surface area contributed by atoms with E-state index < -0.39 is 11.6 Å². The van der Waals surface area contributed by atoms with Crippen LogP contribution in [0.25, 0.3) is 11.3 Å². The molecular weight excluding hydrogens is 300 g/mol. The van der Waals surface area contributed by atoms with Crippen LogP contribution in [-0.4, -0.2) is 33.6 Å². The molecule has 1 aromatic carbocycles. The Kier molecular flexibility index (Phi) is 4.41. The standard InChI is InChI=1S/C17H19F2N3O/c1-21(13-5-3-2-4-6-13)17(23)22-10-16(20-11-22)12-7-8-14(18)15(19)9-12/h7-11,13H,2-6H2,1H3. The second-order valence-electron chi connectivity index (χ2n) is 5.98. The van der Waals surface area contributed by atoms with Crippen molar-refractivity contribution in [2.45, 2.75) is 38.1 Å². The van der Waals surface area contributed by atoms with Crippen LogP contribution < -0.4 is 0 Å². The lowest BCUT2D eigenvalue weighted by Gasteiger charge is -2.31. The lowest BCUT2D eigenvalue weighted by atomic mass is 9.95. The van der Waals surface area contributed by atoms with Crippen molar-refractivity contribution >= 4 is 6.03 Å². The van der Waals surface area contributed by atoms with Crippen molar-refractivity contribution < 1.29 is 13.6 Å². The topological polar surface area (TPSA) is 38.1 Å². The van der Waals surface area contributed by atoms with Crippen LogP contribution in [-0.2, 0) is 0 Å². The summed E-state index contributed by atoms with van der Waals surface area (Å²) in [6.07, 6.45) is 8.52. The molecule has 0 bridgehead atoms. The first-order valence-electron chi connectivity index (χ1n) is 7.83. The molecule has 0 N–H and O–H groups in total. The lowest BCUT2D eigenvalue weighted by Crippen LogP contribution is -2.40. The minimum atomic E-state index is -0.928. The summed E-state index contributed by atoms with van der Waals surface area (Å²) in [5.74, 6) is -1.83. The van der Waals surface area contributed by atoms with Gasteiger partial charge in [-0.15, -0.1) is 0 Å². The Morgan fingerprint density at radius 3 is 2.65 bits per heavy atom. The maximum atomic E-state index is 13.3. The van der Waals surface area contributed by atoms with Crippen LogP contribution in [0.3, 0.4) is 0 Å². The summed E-state index contributed by atoms with van der Waals surface area (Å²) in [6, 6.07) is 3.68. The third kappa shape index (κ3) is 3.25. The predicted molar refractivity (Wildman–Crippen MR) is 83.0 cm³/mol. The number of halogens is 2. The van der Waals surface area contributed by atoms with Gasteiger partial charge in [-0.3, -0.25) is 4.57 Å². The fraction of sp³-hybridized carbons (Fsp3) is 0.412. The van der Waals surface area contributed by atoms with Crippen molar-refractivity contribution in [2.24, 2.45) is 0 Å². The number of imidazole rings is 1. The highest BCUT2D eigenvalue weighted by molar-refractivity contribution is 5.78. The van der Waals surface area contributed by atoms with E-state index in [1.807, 2.05) is 0 Å². The van der Waals surface area contributed by atoms with Crippen LogP contribution in [0.5, 0.6) is 0 Å². The number of aromatic nitrogens is 2. The second-order valence-corrected chi connectivity index (χ2v) is 5.98. The van der Waals surface area contributed by atoms with Gasteiger partial charge in [0, 0.05) is 24.8 Å². The molecule has 0 atom stereocenters. The Bertz CT molecular complexity index is 708. The fourth-order valence-corrected chi connectivity index (χ4v) is 3.04. The zero-order valence-electron chi connectivity index (χ0n) is 13.0. The van der Waals surface area contributed by atoms with Gasteiger partial charge in [0.25, 0.3) is 0 Å². The van der Waals surface area contributed by atoms with Gasteiger partial charge in [0.1, 0.15) is 6.33 Å². The molecule has 1 aliphatic rings. The van der Waals surface area contributed by atoms with Crippen molar-refractivity contribution in [1.29, 1.82) is 0 Å². The van der Waals surface area contributed by atoms with Gasteiger partial charge in [0.05, 0.1) is 5.69 Å². The Morgan fingerprint density at radius 2 is 1.96 bits per heavy atom. The monoisotopic (exact) mass is 319 g/mol. The zero-order valence-corrected chi connectivity index (χ0v) is 13.0. The molecule has 0 unspecified atom stereocenters. The van der Waals surface area contributed by atoms with E-state index in [-0.39, 0.29) is 12.1 Å². The maximum Gasteiger partial charge on any atom is 0.329 e. The van der Waals surface area contributed by atoms with Crippen molar-refractivity contribution in [1.82, 2.24) is 14.5 Å². The summed E-state index contributed by atoms with van der Waals surface area (Å²) >= 11 is 0. The van der Waals surface area contributed by atoms with E-state index >= 15 is 0 Å². The molecule has 1 saturated carbocycles. The Morgan fingerprint density at radius 1 is 1.22 bits per heavy atom. The summed E-state index contributed by atoms with van der Waals surface area (Å²) in [5.41, 5.74) is 0.880. The van der Waals surface area contributed by atoms with Crippen LogP contribution in [0.1, 0.15) is 32.1 Å². The first kappa shape index (κ1) is 15.6. The lowest BCUT2D eigenvalue weighted by molar-refractivity contribution is 0.175. The van der Waals surface area contributed by atoms with E-state index in [0.717, 1.165) is 37.8 Å².